The third kappa shape index (κ3) is 4.94. The number of aromatic nitrogens is 2. The molecule has 1 aromatic carbocycles. The summed E-state index contributed by atoms with van der Waals surface area (Å²) < 4.78 is 67.1. The molecule has 0 saturated carbocycles. The molecule has 0 unspecified atom stereocenters. The second-order valence-corrected chi connectivity index (χ2v) is 4.32. The van der Waals surface area contributed by atoms with Gasteiger partial charge in [0, 0.05) is 24.9 Å². The fourth-order valence-electron chi connectivity index (χ4n) is 1.55. The Hall–Kier alpha value is -2.65. The number of benzene rings is 1. The van der Waals surface area contributed by atoms with E-state index in [0.717, 1.165) is 18.2 Å². The number of rotatable bonds is 5. The van der Waals surface area contributed by atoms with Crippen LogP contribution in [-0.2, 0) is 0 Å². The van der Waals surface area contributed by atoms with Gasteiger partial charge in [0.15, 0.2) is 18.2 Å². The number of hydrogen-bond donors (Lipinski definition) is 2. The predicted molar refractivity (Wildman–Crippen MR) is 72.8 cm³/mol. The van der Waals surface area contributed by atoms with Gasteiger partial charge in [-0.25, -0.2) is 8.78 Å². The molecule has 10 heteroatoms. The molecule has 0 saturated heterocycles. The van der Waals surface area contributed by atoms with Crippen LogP contribution < -0.4 is 15.4 Å². The number of anilines is 3. The van der Waals surface area contributed by atoms with E-state index in [1.807, 2.05) is 0 Å². The van der Waals surface area contributed by atoms with Crippen molar-refractivity contribution in [1.29, 1.82) is 0 Å². The average Bonchev–Trinajstić information content (AvgIpc) is 2.48. The molecule has 1 aromatic heterocycles. The van der Waals surface area contributed by atoms with Crippen molar-refractivity contribution in [3.63, 3.8) is 0 Å². The SMILES string of the molecule is CNc1nc(Nc2ccc(F)c(F)c2)cc(OCC(F)(F)F)n1. The smallest absolute Gasteiger partial charge is 0.422 e. The molecule has 0 fully saturated rings. The summed E-state index contributed by atoms with van der Waals surface area (Å²) in [6, 6.07) is 4.13. The summed E-state index contributed by atoms with van der Waals surface area (Å²) in [4.78, 5) is 7.64. The van der Waals surface area contributed by atoms with Crippen molar-refractivity contribution in [2.24, 2.45) is 0 Å². The van der Waals surface area contributed by atoms with Gasteiger partial charge >= 0.3 is 6.18 Å². The highest BCUT2D eigenvalue weighted by molar-refractivity contribution is 5.58. The molecular weight excluding hydrogens is 323 g/mol. The lowest BCUT2D eigenvalue weighted by atomic mass is 10.3. The zero-order valence-corrected chi connectivity index (χ0v) is 11.7. The normalized spacial score (nSPS) is 11.2. The van der Waals surface area contributed by atoms with Crippen molar-refractivity contribution in [2.75, 3.05) is 24.3 Å². The zero-order chi connectivity index (χ0) is 17.0. The minimum Gasteiger partial charge on any atom is -0.468 e. The summed E-state index contributed by atoms with van der Waals surface area (Å²) >= 11 is 0. The Bertz CT molecular complexity index is 693. The quantitative estimate of drug-likeness (QED) is 0.820. The van der Waals surface area contributed by atoms with Crippen molar-refractivity contribution in [3.05, 3.63) is 35.9 Å². The molecule has 0 atom stereocenters. The minimum atomic E-state index is -4.52. The number of ether oxygens (including phenoxy) is 1. The highest BCUT2D eigenvalue weighted by atomic mass is 19.4. The maximum Gasteiger partial charge on any atom is 0.422 e. The maximum absolute atomic E-state index is 13.1. The van der Waals surface area contributed by atoms with E-state index in [9.17, 15) is 22.0 Å². The van der Waals surface area contributed by atoms with Crippen molar-refractivity contribution in [1.82, 2.24) is 9.97 Å². The summed E-state index contributed by atoms with van der Waals surface area (Å²) in [5.41, 5.74) is 0.159. The van der Waals surface area contributed by atoms with Crippen LogP contribution in [0.2, 0.25) is 0 Å². The van der Waals surface area contributed by atoms with Crippen LogP contribution in [0, 0.1) is 11.6 Å². The van der Waals surface area contributed by atoms with Crippen LogP contribution in [0.1, 0.15) is 0 Å². The Morgan fingerprint density at radius 3 is 2.43 bits per heavy atom. The number of alkyl halides is 3. The van der Waals surface area contributed by atoms with Crippen molar-refractivity contribution < 1.29 is 26.7 Å². The molecule has 23 heavy (non-hydrogen) atoms. The van der Waals surface area contributed by atoms with Crippen LogP contribution in [-0.4, -0.2) is 29.8 Å². The second kappa shape index (κ2) is 6.63. The molecule has 2 aromatic rings. The molecule has 2 N–H and O–H groups in total. The molecular formula is C13H11F5N4O. The first-order chi connectivity index (χ1) is 10.8. The van der Waals surface area contributed by atoms with E-state index >= 15 is 0 Å². The van der Waals surface area contributed by atoms with Crippen LogP contribution in [0.4, 0.5) is 39.4 Å². The molecule has 2 rings (SSSR count). The molecule has 0 aliphatic heterocycles. The van der Waals surface area contributed by atoms with Gasteiger partial charge in [-0.05, 0) is 12.1 Å². The monoisotopic (exact) mass is 334 g/mol. The topological polar surface area (TPSA) is 59.1 Å². The van der Waals surface area contributed by atoms with Crippen molar-refractivity contribution in [2.45, 2.75) is 6.18 Å². The summed E-state index contributed by atoms with van der Waals surface area (Å²) in [6.45, 7) is -1.52. The third-order valence-corrected chi connectivity index (χ3v) is 2.50. The summed E-state index contributed by atoms with van der Waals surface area (Å²) in [5.74, 6) is -2.39. The van der Waals surface area contributed by atoms with Gasteiger partial charge in [0.25, 0.3) is 0 Å². The zero-order valence-electron chi connectivity index (χ0n) is 11.7. The van der Waals surface area contributed by atoms with Gasteiger partial charge in [0.05, 0.1) is 0 Å². The van der Waals surface area contributed by atoms with E-state index in [0.29, 0.717) is 0 Å². The molecule has 0 bridgehead atoms. The van der Waals surface area contributed by atoms with Gasteiger partial charge < -0.3 is 15.4 Å². The van der Waals surface area contributed by atoms with Crippen LogP contribution in [0.15, 0.2) is 24.3 Å². The Labute approximate surface area is 127 Å². The van der Waals surface area contributed by atoms with Gasteiger partial charge in [-0.1, -0.05) is 0 Å². The molecule has 1 heterocycles. The molecule has 0 spiro atoms. The fourth-order valence-corrected chi connectivity index (χ4v) is 1.55. The highest BCUT2D eigenvalue weighted by Crippen LogP contribution is 2.23. The van der Waals surface area contributed by atoms with Gasteiger partial charge in [-0.2, -0.15) is 23.1 Å². The standard InChI is InChI=1S/C13H11F5N4O/c1-19-12-21-10(5-11(22-12)23-6-13(16,17)18)20-7-2-3-8(14)9(15)4-7/h2-5H,6H2,1H3,(H2,19,20,21,22). The van der Waals surface area contributed by atoms with Gasteiger partial charge in [-0.3, -0.25) is 0 Å². The van der Waals surface area contributed by atoms with Gasteiger partial charge in [-0.15, -0.1) is 0 Å². The first kappa shape index (κ1) is 16.7. The van der Waals surface area contributed by atoms with Crippen molar-refractivity contribution >= 4 is 17.5 Å². The highest BCUT2D eigenvalue weighted by Gasteiger charge is 2.28. The van der Waals surface area contributed by atoms with Crippen LogP contribution in [0.5, 0.6) is 5.88 Å². The predicted octanol–water partition coefficient (Wildman–Crippen LogP) is 3.48. The third-order valence-electron chi connectivity index (χ3n) is 2.50. The Morgan fingerprint density at radius 2 is 1.83 bits per heavy atom. The van der Waals surface area contributed by atoms with E-state index in [2.05, 4.69) is 25.3 Å². The van der Waals surface area contributed by atoms with E-state index in [-0.39, 0.29) is 23.3 Å². The molecule has 5 nitrogen and oxygen atoms in total. The lowest BCUT2D eigenvalue weighted by Gasteiger charge is -2.12. The van der Waals surface area contributed by atoms with Gasteiger partial charge in [0.1, 0.15) is 5.82 Å². The van der Waals surface area contributed by atoms with E-state index in [1.54, 1.807) is 0 Å². The van der Waals surface area contributed by atoms with E-state index < -0.39 is 24.4 Å². The fraction of sp³-hybridized carbons (Fsp3) is 0.231. The van der Waals surface area contributed by atoms with E-state index in [1.165, 1.54) is 13.1 Å². The van der Waals surface area contributed by atoms with Crippen LogP contribution >= 0.6 is 0 Å². The van der Waals surface area contributed by atoms with Crippen LogP contribution in [0.3, 0.4) is 0 Å². The first-order valence-electron chi connectivity index (χ1n) is 6.25. The second-order valence-electron chi connectivity index (χ2n) is 4.32. The van der Waals surface area contributed by atoms with E-state index in [4.69, 9.17) is 0 Å². The number of halogens is 5. The lowest BCUT2D eigenvalue weighted by molar-refractivity contribution is -0.154. The van der Waals surface area contributed by atoms with Crippen molar-refractivity contribution in [3.8, 4) is 5.88 Å². The molecule has 0 aliphatic carbocycles. The number of nitrogens with zero attached hydrogens (tertiary/aromatic N) is 2. The molecule has 0 aliphatic rings. The Kier molecular flexibility index (Phi) is 4.82. The lowest BCUT2D eigenvalue weighted by Crippen LogP contribution is -2.20. The Balaban J connectivity index is 2.21. The van der Waals surface area contributed by atoms with Crippen LogP contribution in [0.25, 0.3) is 0 Å². The largest absolute Gasteiger partial charge is 0.468 e. The molecule has 124 valence electrons. The summed E-state index contributed by atoms with van der Waals surface area (Å²) in [6.07, 6.45) is -4.52. The number of hydrogen-bond acceptors (Lipinski definition) is 5. The van der Waals surface area contributed by atoms with Gasteiger partial charge in [0.2, 0.25) is 11.8 Å². The Morgan fingerprint density at radius 1 is 1.09 bits per heavy atom. The maximum atomic E-state index is 13.1. The minimum absolute atomic E-state index is 0.00485. The summed E-state index contributed by atoms with van der Waals surface area (Å²) in [5, 5.41) is 5.18. The number of nitrogens with one attached hydrogen (secondary N) is 2. The average molecular weight is 334 g/mol. The molecule has 0 amide bonds. The molecule has 0 radical (unpaired) electrons. The first-order valence-corrected chi connectivity index (χ1v) is 6.25. The summed E-state index contributed by atoms with van der Waals surface area (Å²) in [7, 11) is 1.46.